The fourth-order valence-electron chi connectivity index (χ4n) is 2.05. The van der Waals surface area contributed by atoms with Crippen molar-refractivity contribution in [3.63, 3.8) is 0 Å². The summed E-state index contributed by atoms with van der Waals surface area (Å²) in [6.07, 6.45) is 2.09. The molecule has 11 heteroatoms. The molecular weight excluding hydrogens is 389 g/mol. The van der Waals surface area contributed by atoms with Crippen molar-refractivity contribution in [3.05, 3.63) is 35.8 Å². The molecule has 2 rings (SSSR count). The zero-order chi connectivity index (χ0) is 21.1. The van der Waals surface area contributed by atoms with Gasteiger partial charge < -0.3 is 20.6 Å². The molecule has 1 aromatic heterocycles. The lowest BCUT2D eigenvalue weighted by atomic mass is 10.1. The highest BCUT2D eigenvalue weighted by Crippen LogP contribution is 2.25. The fraction of sp³-hybridized carbons (Fsp3) is 0.353. The van der Waals surface area contributed by atoms with E-state index in [1.165, 1.54) is 12.3 Å². The first-order valence-corrected chi connectivity index (χ1v) is 10.2. The van der Waals surface area contributed by atoms with Gasteiger partial charge in [0.2, 0.25) is 5.95 Å². The van der Waals surface area contributed by atoms with Gasteiger partial charge in [0, 0.05) is 24.0 Å². The van der Waals surface area contributed by atoms with Crippen LogP contribution in [0.2, 0.25) is 0 Å². The van der Waals surface area contributed by atoms with E-state index in [4.69, 9.17) is 5.73 Å². The van der Waals surface area contributed by atoms with Gasteiger partial charge in [0.1, 0.15) is 5.82 Å². The lowest BCUT2D eigenvalue weighted by Gasteiger charge is -2.19. The third kappa shape index (κ3) is 5.78. The van der Waals surface area contributed by atoms with Gasteiger partial charge in [-0.2, -0.15) is 13.4 Å². The van der Waals surface area contributed by atoms with E-state index in [0.29, 0.717) is 0 Å². The van der Waals surface area contributed by atoms with Crippen LogP contribution in [0.1, 0.15) is 31.1 Å². The first kappa shape index (κ1) is 21.4. The molecule has 0 aliphatic carbocycles. The molecule has 0 bridgehead atoms. The molecule has 0 saturated heterocycles. The number of nitrogens with two attached hydrogens (primary N) is 1. The second-order valence-electron chi connectivity index (χ2n) is 6.55. The number of nitrogens with zero attached hydrogens (tertiary/aromatic N) is 2. The molecule has 0 saturated carbocycles. The molecule has 152 valence electrons. The topological polar surface area (TPSA) is 136 Å². The number of aromatic nitrogens is 2. The number of hydrogen-bond acceptors (Lipinski definition) is 8. The van der Waals surface area contributed by atoms with Crippen LogP contribution in [0.5, 0.6) is 5.75 Å². The number of hydrogen-bond donors (Lipinski definition) is 3. The summed E-state index contributed by atoms with van der Waals surface area (Å²) in [5.41, 5.74) is 5.75. The van der Waals surface area contributed by atoms with Gasteiger partial charge >= 0.3 is 10.1 Å². The van der Waals surface area contributed by atoms with Crippen molar-refractivity contribution in [2.24, 2.45) is 11.7 Å². The van der Waals surface area contributed by atoms with E-state index in [0.717, 1.165) is 18.4 Å². The molecule has 9 nitrogen and oxygen atoms in total. The normalized spacial score (nSPS) is 12.5. The summed E-state index contributed by atoms with van der Waals surface area (Å²) >= 11 is 0. The first-order valence-electron chi connectivity index (χ1n) is 8.35. The van der Waals surface area contributed by atoms with Gasteiger partial charge in [-0.1, -0.05) is 13.8 Å². The lowest BCUT2D eigenvalue weighted by molar-refractivity contribution is 0.100. The van der Waals surface area contributed by atoms with Crippen molar-refractivity contribution < 1.29 is 21.8 Å². The minimum absolute atomic E-state index is 0.00530. The van der Waals surface area contributed by atoms with E-state index in [1.807, 2.05) is 20.8 Å². The number of halogens is 1. The molecule has 1 atom stereocenters. The molecule has 1 aromatic carbocycles. The molecule has 0 aliphatic heterocycles. The Morgan fingerprint density at radius 2 is 1.96 bits per heavy atom. The summed E-state index contributed by atoms with van der Waals surface area (Å²) in [6, 6.07) is 3.61. The average Bonchev–Trinajstić information content (AvgIpc) is 2.56. The minimum Gasteiger partial charge on any atom is -0.379 e. The van der Waals surface area contributed by atoms with Crippen LogP contribution in [-0.4, -0.2) is 36.6 Å². The monoisotopic (exact) mass is 411 g/mol. The molecule has 0 aliphatic rings. The van der Waals surface area contributed by atoms with Crippen LogP contribution in [0.15, 0.2) is 24.4 Å². The highest BCUT2D eigenvalue weighted by molar-refractivity contribution is 7.86. The van der Waals surface area contributed by atoms with E-state index in [1.54, 1.807) is 0 Å². The quantitative estimate of drug-likeness (QED) is 0.563. The van der Waals surface area contributed by atoms with E-state index in [2.05, 4.69) is 24.8 Å². The summed E-state index contributed by atoms with van der Waals surface area (Å²) in [5.74, 6) is -1.37. The summed E-state index contributed by atoms with van der Waals surface area (Å²) in [6.45, 7) is 5.94. The minimum atomic E-state index is -3.85. The van der Waals surface area contributed by atoms with Gasteiger partial charge in [0.25, 0.3) is 5.91 Å². The molecule has 2 aromatic rings. The molecule has 1 unspecified atom stereocenters. The zero-order valence-electron chi connectivity index (χ0n) is 15.9. The molecule has 1 amide bonds. The standard InChI is InChI=1S/C17H22FN5O4S/c1-9(2)10(3)21-16-12(15(19)24)8-20-17(23-16)22-11-5-6-14(13(18)7-11)27-28(4,25)26/h5-10H,1-4H3,(H2,19,24)(H2,20,21,22,23). The van der Waals surface area contributed by atoms with E-state index in [-0.39, 0.29) is 35.0 Å². The van der Waals surface area contributed by atoms with Gasteiger partial charge in [0.15, 0.2) is 11.6 Å². The van der Waals surface area contributed by atoms with Gasteiger partial charge in [0.05, 0.1) is 11.8 Å². The Balaban J connectivity index is 2.28. The van der Waals surface area contributed by atoms with Gasteiger partial charge in [-0.15, -0.1) is 0 Å². The van der Waals surface area contributed by atoms with E-state index >= 15 is 0 Å². The van der Waals surface area contributed by atoms with Crippen molar-refractivity contribution >= 4 is 33.5 Å². The summed E-state index contributed by atoms with van der Waals surface area (Å²) in [5, 5.41) is 5.90. The zero-order valence-corrected chi connectivity index (χ0v) is 16.7. The average molecular weight is 411 g/mol. The number of carbonyl (C=O) groups excluding carboxylic acids is 1. The number of rotatable bonds is 8. The van der Waals surface area contributed by atoms with Crippen LogP contribution in [0, 0.1) is 11.7 Å². The molecule has 1 heterocycles. The maximum atomic E-state index is 14.0. The van der Waals surface area contributed by atoms with Crippen LogP contribution < -0.4 is 20.6 Å². The summed E-state index contributed by atoms with van der Waals surface area (Å²) in [4.78, 5) is 19.9. The number of primary amides is 1. The molecular formula is C17H22FN5O4S. The number of carbonyl (C=O) groups is 1. The molecule has 4 N–H and O–H groups in total. The Morgan fingerprint density at radius 1 is 1.29 bits per heavy atom. The predicted molar refractivity (Wildman–Crippen MR) is 104 cm³/mol. The Kier molecular flexibility index (Phi) is 6.39. The maximum absolute atomic E-state index is 14.0. The first-order chi connectivity index (χ1) is 13.0. The van der Waals surface area contributed by atoms with Crippen molar-refractivity contribution in [1.29, 1.82) is 0 Å². The van der Waals surface area contributed by atoms with Crippen LogP contribution in [0.25, 0.3) is 0 Å². The smallest absolute Gasteiger partial charge is 0.306 e. The van der Waals surface area contributed by atoms with Gasteiger partial charge in [-0.3, -0.25) is 4.79 Å². The highest BCUT2D eigenvalue weighted by Gasteiger charge is 2.16. The van der Waals surface area contributed by atoms with E-state index < -0.39 is 27.6 Å². The SMILES string of the molecule is CC(C)C(C)Nc1nc(Nc2ccc(OS(C)(=O)=O)c(F)c2)ncc1C(N)=O. The van der Waals surface area contributed by atoms with Crippen LogP contribution >= 0.6 is 0 Å². The van der Waals surface area contributed by atoms with Gasteiger partial charge in [-0.05, 0) is 25.0 Å². The Morgan fingerprint density at radius 3 is 2.50 bits per heavy atom. The van der Waals surface area contributed by atoms with Crippen LogP contribution in [0.3, 0.4) is 0 Å². The fourth-order valence-corrected chi connectivity index (χ4v) is 2.51. The molecule has 28 heavy (non-hydrogen) atoms. The Labute approximate surface area is 162 Å². The third-order valence-corrected chi connectivity index (χ3v) is 4.33. The summed E-state index contributed by atoms with van der Waals surface area (Å²) in [7, 11) is -3.85. The second-order valence-corrected chi connectivity index (χ2v) is 8.13. The van der Waals surface area contributed by atoms with Crippen LogP contribution in [-0.2, 0) is 10.1 Å². The third-order valence-electron chi connectivity index (χ3n) is 3.85. The van der Waals surface area contributed by atoms with E-state index in [9.17, 15) is 17.6 Å². The van der Waals surface area contributed by atoms with Gasteiger partial charge in [-0.25, -0.2) is 9.37 Å². The van der Waals surface area contributed by atoms with Crippen molar-refractivity contribution in [2.45, 2.75) is 26.8 Å². The largest absolute Gasteiger partial charge is 0.379 e. The predicted octanol–water partition coefficient (Wildman–Crippen LogP) is 2.25. The lowest BCUT2D eigenvalue weighted by Crippen LogP contribution is -2.25. The van der Waals surface area contributed by atoms with Crippen molar-refractivity contribution in [1.82, 2.24) is 9.97 Å². The number of nitrogens with one attached hydrogen (secondary N) is 2. The van der Waals surface area contributed by atoms with Crippen molar-refractivity contribution in [2.75, 3.05) is 16.9 Å². The number of amides is 1. The van der Waals surface area contributed by atoms with Crippen molar-refractivity contribution in [3.8, 4) is 5.75 Å². The number of benzene rings is 1. The Hall–Kier alpha value is -2.95. The molecule has 0 radical (unpaired) electrons. The number of anilines is 3. The second kappa shape index (κ2) is 8.38. The molecule has 0 fully saturated rings. The maximum Gasteiger partial charge on any atom is 0.306 e. The highest BCUT2D eigenvalue weighted by atomic mass is 32.2. The molecule has 0 spiro atoms. The summed E-state index contributed by atoms with van der Waals surface area (Å²) < 4.78 is 40.8. The van der Waals surface area contributed by atoms with Crippen LogP contribution in [0.4, 0.5) is 21.8 Å². The Bertz CT molecular complexity index is 982.